The van der Waals surface area contributed by atoms with E-state index in [1.165, 1.54) is 0 Å². The lowest BCUT2D eigenvalue weighted by Gasteiger charge is -2.14. The Morgan fingerprint density at radius 2 is 0.682 bits per heavy atom. The molecule has 0 amide bonds. The Balaban J connectivity index is 0.936. The normalized spacial score (nSPS) is 12.2. The average molecular weight is 844 g/mol. The summed E-state index contributed by atoms with van der Waals surface area (Å²) < 4.78 is 13.6. The minimum atomic E-state index is 0.577. The van der Waals surface area contributed by atoms with E-state index in [0.29, 0.717) is 5.56 Å². The Kier molecular flexibility index (Phi) is 6.84. The molecule has 0 spiro atoms. The summed E-state index contributed by atoms with van der Waals surface area (Å²) in [5.41, 5.74) is 17.1. The van der Waals surface area contributed by atoms with E-state index in [-0.39, 0.29) is 0 Å². The quantitative estimate of drug-likeness (QED) is 0.177. The monoisotopic (exact) mass is 843 g/mol. The highest BCUT2D eigenvalue weighted by Gasteiger charge is 2.22. The first kappa shape index (κ1) is 35.1. The van der Waals surface area contributed by atoms with Gasteiger partial charge in [0.15, 0.2) is 0 Å². The van der Waals surface area contributed by atoms with Gasteiger partial charge in [-0.1, -0.05) is 84.9 Å². The van der Waals surface area contributed by atoms with Gasteiger partial charge in [-0.05, 0) is 115 Å². The van der Waals surface area contributed by atoms with Gasteiger partial charge >= 0.3 is 0 Å². The van der Waals surface area contributed by atoms with E-state index in [4.69, 9.17) is 9.97 Å². The number of aromatic nitrogens is 8. The maximum absolute atomic E-state index is 10.7. The van der Waals surface area contributed by atoms with Crippen LogP contribution in [0.4, 0.5) is 0 Å². The molecule has 6 heterocycles. The predicted octanol–water partition coefficient (Wildman–Crippen LogP) is 13.2. The molecule has 0 fully saturated rings. The highest BCUT2D eigenvalue weighted by Crippen LogP contribution is 2.39. The molecule has 6 aromatic heterocycles. The van der Waals surface area contributed by atoms with Crippen LogP contribution >= 0.6 is 0 Å². The Bertz CT molecular complexity index is 4330. The molecule has 0 aliphatic heterocycles. The van der Waals surface area contributed by atoms with Crippen LogP contribution in [0.1, 0.15) is 5.56 Å². The van der Waals surface area contributed by atoms with Crippen molar-refractivity contribution >= 4 is 99.3 Å². The minimum Gasteiger partial charge on any atom is -0.309 e. The van der Waals surface area contributed by atoms with Crippen molar-refractivity contribution in [2.24, 2.45) is 0 Å². The first-order chi connectivity index (χ1) is 32.7. The highest BCUT2D eigenvalue weighted by atomic mass is 15.2. The van der Waals surface area contributed by atoms with Crippen LogP contribution in [0, 0.1) is 11.3 Å². The van der Waals surface area contributed by atoms with Gasteiger partial charge in [-0.3, -0.25) is 17.9 Å². The summed E-state index contributed by atoms with van der Waals surface area (Å²) in [4.78, 5) is 10.3. The minimum absolute atomic E-state index is 0.577. The molecule has 0 atom stereocenters. The van der Waals surface area contributed by atoms with Crippen LogP contribution < -0.4 is 0 Å². The van der Waals surface area contributed by atoms with E-state index in [1.54, 1.807) is 0 Å². The van der Waals surface area contributed by atoms with Crippen LogP contribution in [0.3, 0.4) is 0 Å². The molecular weight excluding hydrogens is 811 g/mol. The molecule has 66 heavy (non-hydrogen) atoms. The third-order valence-electron chi connectivity index (χ3n) is 13.6. The van der Waals surface area contributed by atoms with Crippen molar-refractivity contribution in [3.63, 3.8) is 0 Å². The lowest BCUT2D eigenvalue weighted by Crippen LogP contribution is -2.01. The van der Waals surface area contributed by atoms with Crippen molar-refractivity contribution in [1.29, 1.82) is 5.26 Å². The fourth-order valence-corrected chi connectivity index (χ4v) is 10.9. The summed E-state index contributed by atoms with van der Waals surface area (Å²) >= 11 is 0. The number of imidazole rings is 4. The Hall–Kier alpha value is -9.39. The topological polar surface area (TPSA) is 78.1 Å². The van der Waals surface area contributed by atoms with Gasteiger partial charge in [0.2, 0.25) is 11.6 Å². The van der Waals surface area contributed by atoms with Crippen LogP contribution in [0.5, 0.6) is 0 Å². The van der Waals surface area contributed by atoms with Gasteiger partial charge in [0.25, 0.3) is 0 Å². The van der Waals surface area contributed by atoms with E-state index < -0.39 is 0 Å². The van der Waals surface area contributed by atoms with Crippen LogP contribution in [0.25, 0.3) is 122 Å². The van der Waals surface area contributed by atoms with Crippen molar-refractivity contribution in [2.45, 2.75) is 0 Å². The zero-order valence-electron chi connectivity index (χ0n) is 35.1. The lowest BCUT2D eigenvalue weighted by atomic mass is 10.1. The molecule has 0 saturated heterocycles. The Morgan fingerprint density at radius 3 is 1.14 bits per heavy atom. The van der Waals surface area contributed by atoms with E-state index >= 15 is 0 Å². The summed E-state index contributed by atoms with van der Waals surface area (Å²) in [6, 6.07) is 72.9. The summed E-state index contributed by atoms with van der Waals surface area (Å²) in [6.07, 6.45) is 0. The summed E-state index contributed by atoms with van der Waals surface area (Å²) in [5, 5.41) is 15.2. The van der Waals surface area contributed by atoms with E-state index in [1.807, 2.05) is 24.3 Å². The van der Waals surface area contributed by atoms with Gasteiger partial charge in [-0.15, -0.1) is 0 Å². The van der Waals surface area contributed by atoms with Crippen LogP contribution in [0.15, 0.2) is 200 Å². The zero-order chi connectivity index (χ0) is 43.2. The molecule has 0 unspecified atom stereocenters. The van der Waals surface area contributed by atoms with Crippen molar-refractivity contribution in [3.8, 4) is 28.8 Å². The molecule has 306 valence electrons. The van der Waals surface area contributed by atoms with Gasteiger partial charge in [0.05, 0.1) is 77.8 Å². The maximum atomic E-state index is 10.7. The summed E-state index contributed by atoms with van der Waals surface area (Å²) in [5.74, 6) is 1.74. The third kappa shape index (κ3) is 4.61. The molecule has 0 radical (unpaired) electrons. The van der Waals surface area contributed by atoms with Crippen LogP contribution in [-0.4, -0.2) is 37.0 Å². The number of fused-ring (bicyclic) bond motifs is 16. The smallest absolute Gasteiger partial charge is 0.220 e. The SMILES string of the molecule is N#Cc1cc(-n2c3ccccc3c3cc(-n4c5ccccc5n5c6ccccc6nc45)ccc32)cc(-n2c3ccccc3c3cc(-n4c5ccccc5n5c6ccccc6nc45)ccc32)c1. The van der Waals surface area contributed by atoms with E-state index in [0.717, 1.165) is 122 Å². The van der Waals surface area contributed by atoms with Crippen molar-refractivity contribution < 1.29 is 0 Å². The second-order valence-corrected chi connectivity index (χ2v) is 17.1. The molecule has 9 heteroatoms. The molecule has 0 aliphatic rings. The molecule has 0 aliphatic carbocycles. The van der Waals surface area contributed by atoms with Crippen molar-refractivity contribution in [1.82, 2.24) is 37.0 Å². The number of hydrogen-bond acceptors (Lipinski definition) is 3. The van der Waals surface area contributed by atoms with Crippen LogP contribution in [0.2, 0.25) is 0 Å². The zero-order valence-corrected chi connectivity index (χ0v) is 35.1. The van der Waals surface area contributed by atoms with Gasteiger partial charge < -0.3 is 9.13 Å². The van der Waals surface area contributed by atoms with E-state index in [2.05, 4.69) is 209 Å². The summed E-state index contributed by atoms with van der Waals surface area (Å²) in [7, 11) is 0. The first-order valence-electron chi connectivity index (χ1n) is 22.1. The van der Waals surface area contributed by atoms with Gasteiger partial charge in [0, 0.05) is 44.3 Å². The fourth-order valence-electron chi connectivity index (χ4n) is 10.9. The second-order valence-electron chi connectivity index (χ2n) is 17.1. The van der Waals surface area contributed by atoms with Gasteiger partial charge in [-0.25, -0.2) is 9.97 Å². The number of nitrogens with zero attached hydrogens (tertiary/aromatic N) is 9. The van der Waals surface area contributed by atoms with Crippen molar-refractivity contribution in [2.75, 3.05) is 0 Å². The number of benzene rings is 9. The molecular formula is C57H33N9. The summed E-state index contributed by atoms with van der Waals surface area (Å²) in [6.45, 7) is 0. The van der Waals surface area contributed by atoms with Crippen molar-refractivity contribution in [3.05, 3.63) is 206 Å². The maximum Gasteiger partial charge on any atom is 0.220 e. The van der Waals surface area contributed by atoms with Crippen LogP contribution in [-0.2, 0) is 0 Å². The standard InChI is InChI=1S/C57H33N9/c58-34-35-29-38(61-46-17-5-1-13-40(46)42-32-36(25-27-48(42)61)63-52-21-9-11-23-54(52)65-50-19-7-3-15-44(50)59-56(63)65)31-39(30-35)62-47-18-6-2-14-41(47)43-33-37(26-28-49(43)62)64-53-22-10-12-24-55(53)66-51-20-8-4-16-45(51)60-57(64)66/h1-33H. The number of nitriles is 1. The molecule has 9 nitrogen and oxygen atoms in total. The Labute approximate surface area is 374 Å². The molecule has 9 aromatic carbocycles. The second kappa shape index (κ2) is 12.8. The predicted molar refractivity (Wildman–Crippen MR) is 266 cm³/mol. The first-order valence-corrected chi connectivity index (χ1v) is 22.1. The molecule has 0 N–H and O–H groups in total. The molecule has 0 bridgehead atoms. The van der Waals surface area contributed by atoms with Gasteiger partial charge in [0.1, 0.15) is 0 Å². The largest absolute Gasteiger partial charge is 0.309 e. The Morgan fingerprint density at radius 1 is 0.303 bits per heavy atom. The lowest BCUT2D eigenvalue weighted by molar-refractivity contribution is 1.11. The average Bonchev–Trinajstić information content (AvgIpc) is 4.21. The fraction of sp³-hybridized carbons (Fsp3) is 0. The molecule has 15 aromatic rings. The van der Waals surface area contributed by atoms with E-state index in [9.17, 15) is 5.26 Å². The highest BCUT2D eigenvalue weighted by molar-refractivity contribution is 6.12. The molecule has 0 saturated carbocycles. The number of hydrogen-bond donors (Lipinski definition) is 0. The number of rotatable bonds is 4. The number of para-hydroxylation sites is 10. The third-order valence-corrected chi connectivity index (χ3v) is 13.6. The van der Waals surface area contributed by atoms with Gasteiger partial charge in [-0.2, -0.15) is 5.26 Å². The molecule has 15 rings (SSSR count).